The Balaban J connectivity index is 1.67. The molecule has 2 fully saturated rings. The largest absolute Gasteiger partial charge is 0.370 e. The third-order valence-corrected chi connectivity index (χ3v) is 6.70. The van der Waals surface area contributed by atoms with Crippen molar-refractivity contribution in [2.75, 3.05) is 31.1 Å². The number of aryl methyl sites for hydroxylation is 1. The number of aromatic nitrogens is 1. The van der Waals surface area contributed by atoms with E-state index in [9.17, 15) is 14.4 Å². The van der Waals surface area contributed by atoms with Crippen LogP contribution in [-0.4, -0.2) is 30.7 Å². The first-order valence-corrected chi connectivity index (χ1v) is 10.2. The van der Waals surface area contributed by atoms with Crippen molar-refractivity contribution in [3.05, 3.63) is 75.8 Å². The molecule has 3 aromatic rings. The number of hydrogen-bond donors (Lipinski definition) is 1. The van der Waals surface area contributed by atoms with E-state index in [0.717, 1.165) is 48.2 Å². The Morgan fingerprint density at radius 1 is 1.17 bits per heavy atom. The average molecular weight is 402 g/mol. The van der Waals surface area contributed by atoms with Crippen LogP contribution in [0, 0.1) is 22.6 Å². The van der Waals surface area contributed by atoms with Crippen LogP contribution >= 0.6 is 0 Å². The molecule has 0 aliphatic carbocycles. The van der Waals surface area contributed by atoms with E-state index in [-0.39, 0.29) is 28.3 Å². The van der Waals surface area contributed by atoms with E-state index in [1.54, 1.807) is 11.6 Å². The van der Waals surface area contributed by atoms with Crippen LogP contribution in [0.4, 0.5) is 10.1 Å². The summed E-state index contributed by atoms with van der Waals surface area (Å²) < 4.78 is 15.0. The summed E-state index contributed by atoms with van der Waals surface area (Å²) in [6, 6.07) is 16.6. The minimum absolute atomic E-state index is 0.0411. The number of nitrogens with one attached hydrogen (secondary N) is 1. The summed E-state index contributed by atoms with van der Waals surface area (Å²) in [4.78, 5) is 15.3. The Labute approximate surface area is 174 Å². The van der Waals surface area contributed by atoms with Gasteiger partial charge in [0.1, 0.15) is 17.4 Å². The first-order chi connectivity index (χ1) is 14.5. The van der Waals surface area contributed by atoms with Crippen LogP contribution in [0.5, 0.6) is 0 Å². The maximum atomic E-state index is 13.5. The second-order valence-electron chi connectivity index (χ2n) is 8.64. The number of rotatable bonds is 2. The first kappa shape index (κ1) is 18.8. The van der Waals surface area contributed by atoms with Gasteiger partial charge in [-0.3, -0.25) is 4.79 Å². The summed E-state index contributed by atoms with van der Waals surface area (Å²) in [5, 5.41) is 14.3. The predicted molar refractivity (Wildman–Crippen MR) is 115 cm³/mol. The van der Waals surface area contributed by atoms with Crippen LogP contribution < -0.4 is 15.8 Å². The van der Waals surface area contributed by atoms with Crippen molar-refractivity contribution in [3.63, 3.8) is 0 Å². The molecule has 1 aromatic heterocycles. The predicted octanol–water partition coefficient (Wildman–Crippen LogP) is 3.13. The molecule has 1 atom stereocenters. The van der Waals surface area contributed by atoms with Crippen LogP contribution in [0.1, 0.15) is 23.5 Å². The standard InChI is InChI=1S/C24H23FN4O/c1-28-21-5-3-2-4-19(21)22(20(11-26)23(28)30)16-10-24(13-27-14-24)15-29(12-16)18-8-6-17(25)7-9-18/h2-9,16,27H,10,12-15H2,1H3. The summed E-state index contributed by atoms with van der Waals surface area (Å²) in [6.45, 7) is 3.39. The van der Waals surface area contributed by atoms with Crippen molar-refractivity contribution in [1.29, 1.82) is 5.26 Å². The van der Waals surface area contributed by atoms with Crippen LogP contribution in [0.15, 0.2) is 53.3 Å². The lowest BCUT2D eigenvalue weighted by atomic mass is 9.68. The molecule has 152 valence electrons. The van der Waals surface area contributed by atoms with Crippen LogP contribution in [0.2, 0.25) is 0 Å². The summed E-state index contributed by atoms with van der Waals surface area (Å²) in [5.74, 6) is -0.212. The second-order valence-corrected chi connectivity index (χ2v) is 8.64. The number of piperidine rings is 1. The van der Waals surface area contributed by atoms with Gasteiger partial charge in [-0.05, 0) is 42.3 Å². The third kappa shape index (κ3) is 2.89. The van der Waals surface area contributed by atoms with Crippen LogP contribution in [0.3, 0.4) is 0 Å². The highest BCUT2D eigenvalue weighted by Gasteiger charge is 2.45. The molecule has 2 saturated heterocycles. The molecule has 0 bridgehead atoms. The van der Waals surface area contributed by atoms with Crippen LogP contribution in [0.25, 0.3) is 10.9 Å². The van der Waals surface area contributed by atoms with Gasteiger partial charge in [-0.1, -0.05) is 18.2 Å². The molecule has 1 N–H and O–H groups in total. The van der Waals surface area contributed by atoms with Crippen molar-refractivity contribution in [2.45, 2.75) is 12.3 Å². The molecule has 30 heavy (non-hydrogen) atoms. The number of nitrogens with zero attached hydrogens (tertiary/aromatic N) is 3. The quantitative estimate of drug-likeness (QED) is 0.716. The SMILES string of the molecule is Cn1c(=O)c(C#N)c(C2CN(c3ccc(F)cc3)CC3(CNC3)C2)c2ccccc21. The van der Waals surface area contributed by atoms with Gasteiger partial charge in [-0.15, -0.1) is 0 Å². The Hall–Kier alpha value is -3.17. The molecular formula is C24H23FN4O. The maximum absolute atomic E-state index is 13.5. The highest BCUT2D eigenvalue weighted by atomic mass is 19.1. The number of fused-ring (bicyclic) bond motifs is 1. The molecule has 3 heterocycles. The number of nitriles is 1. The van der Waals surface area contributed by atoms with Gasteiger partial charge >= 0.3 is 0 Å². The molecule has 2 aliphatic rings. The Kier molecular flexibility index (Phi) is 4.37. The van der Waals surface area contributed by atoms with Crippen molar-refractivity contribution in [3.8, 4) is 6.07 Å². The third-order valence-electron chi connectivity index (χ3n) is 6.70. The molecule has 2 aliphatic heterocycles. The van der Waals surface area contributed by atoms with Gasteiger partial charge in [0.05, 0.1) is 5.52 Å². The molecular weight excluding hydrogens is 379 g/mol. The summed E-state index contributed by atoms with van der Waals surface area (Å²) in [7, 11) is 1.72. The molecule has 2 aromatic carbocycles. The molecule has 1 spiro atoms. The summed E-state index contributed by atoms with van der Waals surface area (Å²) in [5.41, 5.74) is 2.76. The van der Waals surface area contributed by atoms with E-state index in [2.05, 4.69) is 16.3 Å². The number of pyridine rings is 1. The highest BCUT2D eigenvalue weighted by molar-refractivity contribution is 5.85. The van der Waals surface area contributed by atoms with Crippen molar-refractivity contribution in [1.82, 2.24) is 9.88 Å². The summed E-state index contributed by atoms with van der Waals surface area (Å²) in [6.07, 6.45) is 0.920. The second kappa shape index (κ2) is 6.96. The van der Waals surface area contributed by atoms with E-state index >= 15 is 0 Å². The van der Waals surface area contributed by atoms with Crippen molar-refractivity contribution in [2.24, 2.45) is 12.5 Å². The van der Waals surface area contributed by atoms with Gasteiger partial charge in [0.15, 0.2) is 0 Å². The highest BCUT2D eigenvalue weighted by Crippen LogP contribution is 2.44. The van der Waals surface area contributed by atoms with Gasteiger partial charge in [0.25, 0.3) is 5.56 Å². The zero-order valence-corrected chi connectivity index (χ0v) is 16.9. The minimum Gasteiger partial charge on any atom is -0.370 e. The topological polar surface area (TPSA) is 61.1 Å². The van der Waals surface area contributed by atoms with Gasteiger partial charge in [0, 0.05) is 55.6 Å². The van der Waals surface area contributed by atoms with Gasteiger partial charge < -0.3 is 14.8 Å². The smallest absolute Gasteiger partial charge is 0.268 e. The zero-order valence-electron chi connectivity index (χ0n) is 16.9. The van der Waals surface area contributed by atoms with Gasteiger partial charge in [-0.25, -0.2) is 4.39 Å². The fourth-order valence-electron chi connectivity index (χ4n) is 5.22. The Morgan fingerprint density at radius 2 is 1.90 bits per heavy atom. The lowest BCUT2D eigenvalue weighted by Gasteiger charge is -2.52. The average Bonchev–Trinajstić information content (AvgIpc) is 2.75. The molecule has 0 amide bonds. The van der Waals surface area contributed by atoms with E-state index < -0.39 is 0 Å². The molecule has 0 saturated carbocycles. The number of benzene rings is 2. The number of para-hydroxylation sites is 1. The molecule has 5 rings (SSSR count). The van der Waals surface area contributed by atoms with E-state index in [0.29, 0.717) is 6.54 Å². The number of anilines is 1. The maximum Gasteiger partial charge on any atom is 0.268 e. The van der Waals surface area contributed by atoms with Gasteiger partial charge in [0.2, 0.25) is 0 Å². The molecule has 0 radical (unpaired) electrons. The number of halogens is 1. The molecule has 6 heteroatoms. The Bertz CT molecular complexity index is 1220. The minimum atomic E-state index is -0.253. The van der Waals surface area contributed by atoms with Gasteiger partial charge in [-0.2, -0.15) is 5.26 Å². The van der Waals surface area contributed by atoms with E-state index in [4.69, 9.17) is 0 Å². The monoisotopic (exact) mass is 402 g/mol. The van der Waals surface area contributed by atoms with E-state index in [1.807, 2.05) is 36.4 Å². The molecule has 1 unspecified atom stereocenters. The zero-order chi connectivity index (χ0) is 20.9. The Morgan fingerprint density at radius 3 is 2.57 bits per heavy atom. The van der Waals surface area contributed by atoms with Crippen molar-refractivity contribution >= 4 is 16.6 Å². The number of hydrogen-bond acceptors (Lipinski definition) is 4. The first-order valence-electron chi connectivity index (χ1n) is 10.2. The fourth-order valence-corrected chi connectivity index (χ4v) is 5.22. The fraction of sp³-hybridized carbons (Fsp3) is 0.333. The van der Waals surface area contributed by atoms with Crippen molar-refractivity contribution < 1.29 is 4.39 Å². The summed E-state index contributed by atoms with van der Waals surface area (Å²) >= 11 is 0. The normalized spacial score (nSPS) is 20.2. The lowest BCUT2D eigenvalue weighted by molar-refractivity contribution is 0.126. The van der Waals surface area contributed by atoms with Crippen LogP contribution in [-0.2, 0) is 7.05 Å². The lowest BCUT2D eigenvalue weighted by Crippen LogP contribution is -2.62. The molecule has 5 nitrogen and oxygen atoms in total. The van der Waals surface area contributed by atoms with E-state index in [1.165, 1.54) is 12.1 Å².